The first kappa shape index (κ1) is 20.3. The molecule has 5 nitrogen and oxygen atoms in total. The molecule has 0 amide bonds. The van der Waals surface area contributed by atoms with Crippen LogP contribution in [0.3, 0.4) is 0 Å². The predicted octanol–water partition coefficient (Wildman–Crippen LogP) is 4.13. The van der Waals surface area contributed by atoms with Gasteiger partial charge in [0.1, 0.15) is 5.75 Å². The number of carbonyl (C=O) groups excluding carboxylic acids is 1. The van der Waals surface area contributed by atoms with Crippen molar-refractivity contribution in [3.8, 4) is 5.75 Å². The number of fused-ring (bicyclic) bond motifs is 1. The van der Waals surface area contributed by atoms with E-state index in [0.29, 0.717) is 6.42 Å². The number of hydrazine groups is 1. The number of rotatable bonds is 3. The van der Waals surface area contributed by atoms with Gasteiger partial charge in [-0.25, -0.2) is 10.9 Å². The van der Waals surface area contributed by atoms with Crippen molar-refractivity contribution in [3.05, 3.63) is 76.5 Å². The van der Waals surface area contributed by atoms with Gasteiger partial charge < -0.3 is 10.1 Å². The van der Waals surface area contributed by atoms with E-state index in [9.17, 15) is 4.79 Å². The molecule has 1 saturated heterocycles. The van der Waals surface area contributed by atoms with Gasteiger partial charge in [-0.2, -0.15) is 0 Å². The Bertz CT molecular complexity index is 1040. The Morgan fingerprint density at radius 2 is 1.74 bits per heavy atom. The summed E-state index contributed by atoms with van der Waals surface area (Å²) in [5.74, 6) is 1.17. The highest BCUT2D eigenvalue weighted by molar-refractivity contribution is 5.99. The summed E-state index contributed by atoms with van der Waals surface area (Å²) in [6.45, 7) is 6.46. The minimum Gasteiger partial charge on any atom is -0.496 e. The summed E-state index contributed by atoms with van der Waals surface area (Å²) >= 11 is 0. The molecule has 3 N–H and O–H groups in total. The quantitative estimate of drug-likeness (QED) is 0.701. The number of ether oxygens (including phenoxy) is 1. The van der Waals surface area contributed by atoms with Crippen molar-refractivity contribution >= 4 is 5.78 Å². The van der Waals surface area contributed by atoms with Gasteiger partial charge in [0.15, 0.2) is 5.78 Å². The van der Waals surface area contributed by atoms with Crippen LogP contribution in [0.25, 0.3) is 0 Å². The molecule has 2 heterocycles. The highest BCUT2D eigenvalue weighted by Crippen LogP contribution is 2.52. The van der Waals surface area contributed by atoms with Gasteiger partial charge in [-0.05, 0) is 30.4 Å². The van der Waals surface area contributed by atoms with Gasteiger partial charge in [0.2, 0.25) is 0 Å². The van der Waals surface area contributed by atoms with Crippen molar-refractivity contribution in [3.63, 3.8) is 0 Å². The Morgan fingerprint density at radius 3 is 2.48 bits per heavy atom. The molecule has 31 heavy (non-hydrogen) atoms. The fourth-order valence-electron chi connectivity index (χ4n) is 5.65. The van der Waals surface area contributed by atoms with Crippen molar-refractivity contribution in [1.82, 2.24) is 16.2 Å². The molecular formula is C26H31N3O2. The van der Waals surface area contributed by atoms with E-state index in [1.165, 1.54) is 11.1 Å². The number of Topliss-reactive ketones (excluding diaryl/α,β-unsaturated/α-hetero) is 1. The van der Waals surface area contributed by atoms with Gasteiger partial charge in [0.25, 0.3) is 0 Å². The number of aryl methyl sites for hydroxylation is 1. The van der Waals surface area contributed by atoms with Crippen LogP contribution in [0.2, 0.25) is 0 Å². The number of allylic oxidation sites excluding steroid dienone is 2. The molecule has 3 aliphatic rings. The van der Waals surface area contributed by atoms with E-state index < -0.39 is 0 Å². The third-order valence-electron chi connectivity index (χ3n) is 7.02. The highest BCUT2D eigenvalue weighted by atomic mass is 16.5. The predicted molar refractivity (Wildman–Crippen MR) is 121 cm³/mol. The molecule has 162 valence electrons. The molecule has 2 aromatic rings. The Hall–Kier alpha value is -2.63. The number of hydrogen-bond acceptors (Lipinski definition) is 5. The second kappa shape index (κ2) is 7.50. The van der Waals surface area contributed by atoms with E-state index >= 15 is 0 Å². The maximum absolute atomic E-state index is 13.5. The lowest BCUT2D eigenvalue weighted by molar-refractivity contribution is -0.118. The zero-order valence-corrected chi connectivity index (χ0v) is 18.7. The maximum Gasteiger partial charge on any atom is 0.161 e. The fourth-order valence-corrected chi connectivity index (χ4v) is 5.65. The Kier molecular flexibility index (Phi) is 4.91. The monoisotopic (exact) mass is 417 g/mol. The Labute approximate surface area is 184 Å². The number of nitrogens with one attached hydrogen (secondary N) is 3. The van der Waals surface area contributed by atoms with Crippen molar-refractivity contribution in [1.29, 1.82) is 0 Å². The third-order valence-corrected chi connectivity index (χ3v) is 7.02. The number of para-hydroxylation sites is 1. The molecule has 0 spiro atoms. The molecule has 0 radical (unpaired) electrons. The maximum atomic E-state index is 13.5. The number of benzene rings is 2. The van der Waals surface area contributed by atoms with Crippen LogP contribution < -0.4 is 20.9 Å². The van der Waals surface area contributed by atoms with E-state index in [0.717, 1.165) is 29.0 Å². The topological polar surface area (TPSA) is 62.4 Å². The molecule has 4 unspecified atom stereocenters. The van der Waals surface area contributed by atoms with Crippen LogP contribution in [0.15, 0.2) is 59.8 Å². The minimum atomic E-state index is -0.0465. The Balaban J connectivity index is 1.67. The van der Waals surface area contributed by atoms with Gasteiger partial charge in [-0.1, -0.05) is 61.9 Å². The van der Waals surface area contributed by atoms with Crippen molar-refractivity contribution in [2.24, 2.45) is 11.3 Å². The SMILES string of the molecule is COc1ccccc1C1C2=C(CC(C)(C)CC2=O)NC2NNC(c3ccc(C)cc3)C21. The summed E-state index contributed by atoms with van der Waals surface area (Å²) in [5.41, 5.74) is 12.5. The lowest BCUT2D eigenvalue weighted by Crippen LogP contribution is -2.51. The molecule has 4 atom stereocenters. The molecule has 5 rings (SSSR count). The van der Waals surface area contributed by atoms with Gasteiger partial charge in [0.05, 0.1) is 19.3 Å². The molecule has 1 aliphatic carbocycles. The molecule has 1 fully saturated rings. The van der Waals surface area contributed by atoms with Gasteiger partial charge in [-0.15, -0.1) is 0 Å². The van der Waals surface area contributed by atoms with E-state index in [1.54, 1.807) is 7.11 Å². The average molecular weight is 418 g/mol. The second-order valence-electron chi connectivity index (χ2n) is 9.93. The highest BCUT2D eigenvalue weighted by Gasteiger charge is 2.51. The summed E-state index contributed by atoms with van der Waals surface area (Å²) in [6, 6.07) is 16.9. The van der Waals surface area contributed by atoms with Crippen molar-refractivity contribution < 1.29 is 9.53 Å². The zero-order chi connectivity index (χ0) is 21.8. The smallest absolute Gasteiger partial charge is 0.161 e. The zero-order valence-electron chi connectivity index (χ0n) is 18.7. The molecule has 0 bridgehead atoms. The van der Waals surface area contributed by atoms with Gasteiger partial charge in [-0.3, -0.25) is 4.79 Å². The van der Waals surface area contributed by atoms with Crippen molar-refractivity contribution in [2.45, 2.75) is 51.7 Å². The first-order valence-electron chi connectivity index (χ1n) is 11.1. The lowest BCUT2D eigenvalue weighted by atomic mass is 9.65. The van der Waals surface area contributed by atoms with Crippen LogP contribution in [0.5, 0.6) is 5.75 Å². The van der Waals surface area contributed by atoms with E-state index in [4.69, 9.17) is 4.74 Å². The molecule has 0 saturated carbocycles. The van der Waals surface area contributed by atoms with Crippen LogP contribution >= 0.6 is 0 Å². The van der Waals surface area contributed by atoms with E-state index in [1.807, 2.05) is 18.2 Å². The summed E-state index contributed by atoms with van der Waals surface area (Å²) < 4.78 is 5.76. The van der Waals surface area contributed by atoms with Crippen LogP contribution in [-0.4, -0.2) is 19.1 Å². The molecule has 2 aliphatic heterocycles. The van der Waals surface area contributed by atoms with Gasteiger partial charge >= 0.3 is 0 Å². The molecule has 0 aromatic heterocycles. The van der Waals surface area contributed by atoms with Crippen LogP contribution in [0, 0.1) is 18.3 Å². The first-order chi connectivity index (χ1) is 14.9. The average Bonchev–Trinajstić information content (AvgIpc) is 3.15. The summed E-state index contributed by atoms with van der Waals surface area (Å²) in [4.78, 5) is 13.5. The largest absolute Gasteiger partial charge is 0.496 e. The number of methoxy groups -OCH3 is 1. The van der Waals surface area contributed by atoms with Gasteiger partial charge in [0, 0.05) is 35.1 Å². The lowest BCUT2D eigenvalue weighted by Gasteiger charge is -2.44. The molecule has 5 heteroatoms. The van der Waals surface area contributed by atoms with E-state index in [2.05, 4.69) is 67.3 Å². The van der Waals surface area contributed by atoms with Crippen LogP contribution in [0.4, 0.5) is 0 Å². The summed E-state index contributed by atoms with van der Waals surface area (Å²) in [5, 5.41) is 3.70. The summed E-state index contributed by atoms with van der Waals surface area (Å²) in [6.07, 6.45) is 1.48. The number of ketones is 1. The number of carbonyl (C=O) groups is 1. The standard InChI is InChI=1S/C26H31N3O2/c1-15-9-11-16(12-10-15)24-23-21(17-7-5-6-8-20(17)31-4)22-18(27-25(23)29-28-24)13-26(2,3)14-19(22)30/h5-12,21,23-25,27-29H,13-14H2,1-4H3. The molecule has 2 aromatic carbocycles. The first-order valence-corrected chi connectivity index (χ1v) is 11.1. The van der Waals surface area contributed by atoms with E-state index in [-0.39, 0.29) is 35.2 Å². The Morgan fingerprint density at radius 1 is 1.00 bits per heavy atom. The normalized spacial score (nSPS) is 29.2. The van der Waals surface area contributed by atoms with Crippen molar-refractivity contribution in [2.75, 3.05) is 7.11 Å². The van der Waals surface area contributed by atoms with Crippen LogP contribution in [0.1, 0.15) is 55.3 Å². The third kappa shape index (κ3) is 3.46. The number of hydrogen-bond donors (Lipinski definition) is 3. The molecular weight excluding hydrogens is 386 g/mol. The minimum absolute atomic E-state index is 0.0293. The van der Waals surface area contributed by atoms with Crippen LogP contribution in [-0.2, 0) is 4.79 Å². The summed E-state index contributed by atoms with van der Waals surface area (Å²) in [7, 11) is 1.71. The second-order valence-corrected chi connectivity index (χ2v) is 9.93. The fraction of sp³-hybridized carbons (Fsp3) is 0.423.